The average molecular weight is 357 g/mol. The van der Waals surface area contributed by atoms with Crippen molar-refractivity contribution in [2.45, 2.75) is 26.2 Å². The predicted molar refractivity (Wildman–Crippen MR) is 92.4 cm³/mol. The summed E-state index contributed by atoms with van der Waals surface area (Å²) in [6.45, 7) is 1.90. The molecular formula is C19H19NO6. The van der Waals surface area contributed by atoms with E-state index in [1.807, 2.05) is 18.2 Å². The molecule has 2 heterocycles. The third kappa shape index (κ3) is 3.78. The molecule has 1 amide bonds. The quantitative estimate of drug-likeness (QED) is 0.654. The Morgan fingerprint density at radius 1 is 1.19 bits per heavy atom. The summed E-state index contributed by atoms with van der Waals surface area (Å²) in [6, 6.07) is 10.7. The van der Waals surface area contributed by atoms with Crippen LogP contribution in [0, 0.1) is 0 Å². The Bertz CT molecular complexity index is 896. The van der Waals surface area contributed by atoms with E-state index >= 15 is 0 Å². The van der Waals surface area contributed by atoms with Gasteiger partial charge in [-0.3, -0.25) is 4.79 Å². The molecule has 0 unspecified atom stereocenters. The van der Waals surface area contributed by atoms with Gasteiger partial charge in [-0.1, -0.05) is 18.2 Å². The van der Waals surface area contributed by atoms with Gasteiger partial charge < -0.3 is 23.6 Å². The van der Waals surface area contributed by atoms with Crippen LogP contribution in [0.15, 0.2) is 51.5 Å². The first-order valence-corrected chi connectivity index (χ1v) is 8.10. The van der Waals surface area contributed by atoms with Crippen LogP contribution < -0.4 is 5.32 Å². The zero-order chi connectivity index (χ0) is 18.5. The molecule has 0 fully saturated rings. The van der Waals surface area contributed by atoms with Crippen molar-refractivity contribution < 1.29 is 27.9 Å². The summed E-state index contributed by atoms with van der Waals surface area (Å²) in [5.41, 5.74) is 1.15. The van der Waals surface area contributed by atoms with Gasteiger partial charge in [-0.2, -0.15) is 0 Å². The standard InChI is InChI=1S/C19H19NO6/c1-12(18(21)20-10-13-6-5-9-24-13)25-19(22)17-15(11-23-2)14-7-3-4-8-16(14)26-17/h3-9,12H,10-11H2,1-2H3,(H,20,21)/t12-/m0/s1. The highest BCUT2D eigenvalue weighted by Gasteiger charge is 2.25. The average Bonchev–Trinajstić information content (AvgIpc) is 3.28. The summed E-state index contributed by atoms with van der Waals surface area (Å²) in [6.07, 6.45) is 0.533. The molecule has 1 N–H and O–H groups in total. The zero-order valence-electron chi connectivity index (χ0n) is 14.5. The largest absolute Gasteiger partial charge is 0.467 e. The molecule has 7 nitrogen and oxygen atoms in total. The predicted octanol–water partition coefficient (Wildman–Crippen LogP) is 3.03. The number of furan rings is 2. The van der Waals surface area contributed by atoms with Crippen molar-refractivity contribution in [2.24, 2.45) is 0 Å². The number of hydrogen-bond acceptors (Lipinski definition) is 6. The van der Waals surface area contributed by atoms with E-state index in [1.165, 1.54) is 20.3 Å². The van der Waals surface area contributed by atoms with Gasteiger partial charge in [-0.25, -0.2) is 4.79 Å². The second-order valence-corrected chi connectivity index (χ2v) is 5.68. The van der Waals surface area contributed by atoms with Crippen LogP contribution in [0.5, 0.6) is 0 Å². The van der Waals surface area contributed by atoms with Gasteiger partial charge in [0.25, 0.3) is 5.91 Å². The molecule has 0 aliphatic heterocycles. The molecule has 3 rings (SSSR count). The van der Waals surface area contributed by atoms with E-state index in [4.69, 9.17) is 18.3 Å². The molecule has 7 heteroatoms. The number of carbonyl (C=O) groups excluding carboxylic acids is 2. The van der Waals surface area contributed by atoms with Gasteiger partial charge in [0.2, 0.25) is 5.76 Å². The molecule has 1 atom stereocenters. The summed E-state index contributed by atoms with van der Waals surface area (Å²) >= 11 is 0. The second-order valence-electron chi connectivity index (χ2n) is 5.68. The molecule has 3 aromatic rings. The molecule has 0 saturated heterocycles. The molecule has 0 bridgehead atoms. The van der Waals surface area contributed by atoms with E-state index in [1.54, 1.807) is 18.2 Å². The first-order valence-electron chi connectivity index (χ1n) is 8.10. The fourth-order valence-electron chi connectivity index (χ4n) is 2.55. The van der Waals surface area contributed by atoms with Crippen molar-refractivity contribution in [1.29, 1.82) is 0 Å². The SMILES string of the molecule is COCc1c(C(=O)O[C@@H](C)C(=O)NCc2ccco2)oc2ccccc12. The van der Waals surface area contributed by atoms with Gasteiger partial charge in [0.1, 0.15) is 11.3 Å². The van der Waals surface area contributed by atoms with E-state index in [0.717, 1.165) is 5.39 Å². The minimum Gasteiger partial charge on any atom is -0.467 e. The lowest BCUT2D eigenvalue weighted by atomic mass is 10.1. The Balaban J connectivity index is 1.69. The van der Waals surface area contributed by atoms with E-state index in [-0.39, 0.29) is 18.9 Å². The number of benzene rings is 1. The fourth-order valence-corrected chi connectivity index (χ4v) is 2.55. The Morgan fingerprint density at radius 3 is 2.73 bits per heavy atom. The molecule has 136 valence electrons. The Morgan fingerprint density at radius 2 is 2.00 bits per heavy atom. The third-order valence-corrected chi connectivity index (χ3v) is 3.84. The number of nitrogens with one attached hydrogen (secondary N) is 1. The second kappa shape index (κ2) is 7.88. The number of hydrogen-bond donors (Lipinski definition) is 1. The maximum Gasteiger partial charge on any atom is 0.375 e. The van der Waals surface area contributed by atoms with Gasteiger partial charge in [0, 0.05) is 18.1 Å². The molecule has 0 aliphatic carbocycles. The van der Waals surface area contributed by atoms with Crippen LogP contribution in [0.1, 0.15) is 28.8 Å². The van der Waals surface area contributed by atoms with Crippen LogP contribution in [-0.2, 0) is 27.4 Å². The number of ether oxygens (including phenoxy) is 2. The first kappa shape index (κ1) is 17.8. The summed E-state index contributed by atoms with van der Waals surface area (Å²) in [5, 5.41) is 3.42. The van der Waals surface area contributed by atoms with Crippen LogP contribution in [0.3, 0.4) is 0 Å². The summed E-state index contributed by atoms with van der Waals surface area (Å²) in [5.74, 6) is -0.497. The Labute approximate surface area is 149 Å². The van der Waals surface area contributed by atoms with Gasteiger partial charge in [0.05, 0.1) is 19.4 Å². The molecule has 1 aromatic carbocycles. The topological polar surface area (TPSA) is 90.9 Å². The number of fused-ring (bicyclic) bond motifs is 1. The van der Waals surface area contributed by atoms with Crippen molar-refractivity contribution in [3.05, 3.63) is 59.7 Å². The van der Waals surface area contributed by atoms with E-state index in [9.17, 15) is 9.59 Å². The molecule has 0 spiro atoms. The smallest absolute Gasteiger partial charge is 0.375 e. The van der Waals surface area contributed by atoms with Crippen molar-refractivity contribution in [3.8, 4) is 0 Å². The van der Waals surface area contributed by atoms with E-state index < -0.39 is 18.0 Å². The number of carbonyl (C=O) groups is 2. The monoisotopic (exact) mass is 357 g/mol. The number of para-hydroxylation sites is 1. The Kier molecular flexibility index (Phi) is 5.38. The van der Waals surface area contributed by atoms with Crippen molar-refractivity contribution in [1.82, 2.24) is 5.32 Å². The van der Waals surface area contributed by atoms with Crippen molar-refractivity contribution in [3.63, 3.8) is 0 Å². The lowest BCUT2D eigenvalue weighted by Gasteiger charge is -2.12. The molecular weight excluding hydrogens is 338 g/mol. The van der Waals surface area contributed by atoms with Gasteiger partial charge in [-0.15, -0.1) is 0 Å². The van der Waals surface area contributed by atoms with Crippen LogP contribution in [0.25, 0.3) is 11.0 Å². The van der Waals surface area contributed by atoms with Crippen LogP contribution in [0.4, 0.5) is 0 Å². The van der Waals surface area contributed by atoms with Crippen LogP contribution >= 0.6 is 0 Å². The number of esters is 1. The number of amides is 1. The van der Waals surface area contributed by atoms with Crippen molar-refractivity contribution in [2.75, 3.05) is 7.11 Å². The molecule has 0 radical (unpaired) electrons. The van der Waals surface area contributed by atoms with Gasteiger partial charge in [-0.05, 0) is 25.1 Å². The highest BCUT2D eigenvalue weighted by Crippen LogP contribution is 2.27. The minimum atomic E-state index is -0.985. The summed E-state index contributed by atoms with van der Waals surface area (Å²) < 4.78 is 21.2. The summed E-state index contributed by atoms with van der Waals surface area (Å²) in [7, 11) is 1.53. The van der Waals surface area contributed by atoms with E-state index in [2.05, 4.69) is 5.32 Å². The van der Waals surface area contributed by atoms with Crippen LogP contribution in [-0.4, -0.2) is 25.1 Å². The minimum absolute atomic E-state index is 0.0405. The normalized spacial score (nSPS) is 12.1. The maximum atomic E-state index is 12.5. The molecule has 26 heavy (non-hydrogen) atoms. The number of rotatable bonds is 7. The third-order valence-electron chi connectivity index (χ3n) is 3.84. The zero-order valence-corrected chi connectivity index (χ0v) is 14.5. The molecule has 0 aliphatic rings. The van der Waals surface area contributed by atoms with Crippen LogP contribution in [0.2, 0.25) is 0 Å². The van der Waals surface area contributed by atoms with Crippen molar-refractivity contribution >= 4 is 22.8 Å². The van der Waals surface area contributed by atoms with E-state index in [0.29, 0.717) is 16.9 Å². The highest BCUT2D eigenvalue weighted by molar-refractivity contribution is 5.97. The highest BCUT2D eigenvalue weighted by atomic mass is 16.6. The maximum absolute atomic E-state index is 12.5. The van der Waals surface area contributed by atoms with Gasteiger partial charge >= 0.3 is 5.97 Å². The fraction of sp³-hybridized carbons (Fsp3) is 0.263. The lowest BCUT2D eigenvalue weighted by molar-refractivity contribution is -0.129. The number of methoxy groups -OCH3 is 1. The Hall–Kier alpha value is -3.06. The molecule has 2 aromatic heterocycles. The molecule has 0 saturated carbocycles. The first-order chi connectivity index (χ1) is 12.6. The van der Waals surface area contributed by atoms with Gasteiger partial charge in [0.15, 0.2) is 6.10 Å². The summed E-state index contributed by atoms with van der Waals surface area (Å²) in [4.78, 5) is 24.6. The lowest BCUT2D eigenvalue weighted by Crippen LogP contribution is -2.35.